The van der Waals surface area contributed by atoms with Crippen molar-refractivity contribution in [2.45, 2.75) is 13.3 Å². The third-order valence-corrected chi connectivity index (χ3v) is 5.53. The topological polar surface area (TPSA) is 55.8 Å². The highest BCUT2D eigenvalue weighted by Gasteiger charge is 2.38. The van der Waals surface area contributed by atoms with Crippen molar-refractivity contribution in [3.8, 4) is 11.5 Å². The van der Waals surface area contributed by atoms with E-state index >= 15 is 0 Å². The zero-order valence-corrected chi connectivity index (χ0v) is 17.0. The van der Waals surface area contributed by atoms with Gasteiger partial charge in [-0.05, 0) is 47.6 Å². The SMILES string of the molecule is CCSC1=C(c2ccc(OC)cc2)C(=O)N(CCc2ccc(OC)cc2)C1=O. The lowest BCUT2D eigenvalue weighted by Crippen LogP contribution is -2.33. The minimum atomic E-state index is -0.236. The molecule has 6 heteroatoms. The van der Waals surface area contributed by atoms with E-state index in [4.69, 9.17) is 9.47 Å². The van der Waals surface area contributed by atoms with Crippen LogP contribution in [0.5, 0.6) is 11.5 Å². The number of nitrogens with zero attached hydrogens (tertiary/aromatic N) is 1. The molecule has 0 aromatic heterocycles. The number of hydrogen-bond donors (Lipinski definition) is 0. The molecule has 28 heavy (non-hydrogen) atoms. The zero-order valence-electron chi connectivity index (χ0n) is 16.2. The number of hydrogen-bond acceptors (Lipinski definition) is 5. The molecule has 2 amide bonds. The summed E-state index contributed by atoms with van der Waals surface area (Å²) in [6.07, 6.45) is 0.599. The van der Waals surface area contributed by atoms with Gasteiger partial charge in [0.2, 0.25) is 0 Å². The highest BCUT2D eigenvalue weighted by Crippen LogP contribution is 2.36. The molecule has 0 saturated heterocycles. The van der Waals surface area contributed by atoms with Crippen molar-refractivity contribution in [2.75, 3.05) is 26.5 Å². The first-order valence-electron chi connectivity index (χ1n) is 9.09. The van der Waals surface area contributed by atoms with Crippen LogP contribution in [0.4, 0.5) is 0 Å². The predicted molar refractivity (Wildman–Crippen MR) is 111 cm³/mol. The highest BCUT2D eigenvalue weighted by atomic mass is 32.2. The number of thioether (sulfide) groups is 1. The molecule has 2 aromatic carbocycles. The molecule has 0 fully saturated rings. The number of carbonyl (C=O) groups is 2. The van der Waals surface area contributed by atoms with Crippen molar-refractivity contribution in [3.05, 3.63) is 64.6 Å². The quantitative estimate of drug-likeness (QED) is 0.635. The minimum absolute atomic E-state index is 0.212. The van der Waals surface area contributed by atoms with Gasteiger partial charge < -0.3 is 9.47 Å². The summed E-state index contributed by atoms with van der Waals surface area (Å²) in [5, 5.41) is 0. The van der Waals surface area contributed by atoms with Crippen LogP contribution in [0.2, 0.25) is 0 Å². The first-order chi connectivity index (χ1) is 13.6. The maximum absolute atomic E-state index is 13.1. The van der Waals surface area contributed by atoms with Crippen LogP contribution in [0, 0.1) is 0 Å². The molecule has 0 radical (unpaired) electrons. The van der Waals surface area contributed by atoms with E-state index in [9.17, 15) is 9.59 Å². The van der Waals surface area contributed by atoms with Gasteiger partial charge in [-0.25, -0.2) is 0 Å². The van der Waals surface area contributed by atoms with Gasteiger partial charge in [-0.3, -0.25) is 14.5 Å². The highest BCUT2D eigenvalue weighted by molar-refractivity contribution is 8.04. The van der Waals surface area contributed by atoms with Crippen LogP contribution in [-0.2, 0) is 16.0 Å². The number of benzene rings is 2. The van der Waals surface area contributed by atoms with Gasteiger partial charge in [0.25, 0.3) is 11.8 Å². The van der Waals surface area contributed by atoms with E-state index in [2.05, 4.69) is 0 Å². The summed E-state index contributed by atoms with van der Waals surface area (Å²) in [4.78, 5) is 27.8. The third-order valence-electron chi connectivity index (χ3n) is 4.58. The Balaban J connectivity index is 1.81. The Morgan fingerprint density at radius 2 is 1.43 bits per heavy atom. The number of carbonyl (C=O) groups excluding carboxylic acids is 2. The summed E-state index contributed by atoms with van der Waals surface area (Å²) in [5.41, 5.74) is 2.26. The minimum Gasteiger partial charge on any atom is -0.497 e. The first-order valence-corrected chi connectivity index (χ1v) is 10.1. The van der Waals surface area contributed by atoms with Crippen LogP contribution in [0.15, 0.2) is 53.4 Å². The maximum Gasteiger partial charge on any atom is 0.267 e. The second-order valence-electron chi connectivity index (χ2n) is 6.23. The summed E-state index contributed by atoms with van der Waals surface area (Å²) in [7, 11) is 3.22. The molecule has 0 aliphatic carbocycles. The summed E-state index contributed by atoms with van der Waals surface area (Å²) in [5.74, 6) is 1.76. The molecule has 5 nitrogen and oxygen atoms in total. The van der Waals surface area contributed by atoms with Crippen LogP contribution in [0.3, 0.4) is 0 Å². The van der Waals surface area contributed by atoms with Gasteiger partial charge in [0.15, 0.2) is 0 Å². The van der Waals surface area contributed by atoms with Gasteiger partial charge in [-0.15, -0.1) is 11.8 Å². The monoisotopic (exact) mass is 397 g/mol. The average molecular weight is 397 g/mol. The molecule has 1 aliphatic rings. The van der Waals surface area contributed by atoms with Gasteiger partial charge in [0, 0.05) is 6.54 Å². The van der Waals surface area contributed by atoms with Gasteiger partial charge in [0.05, 0.1) is 24.7 Å². The molecular formula is C22H23NO4S. The van der Waals surface area contributed by atoms with Crippen molar-refractivity contribution in [2.24, 2.45) is 0 Å². The largest absolute Gasteiger partial charge is 0.497 e. The van der Waals surface area contributed by atoms with Gasteiger partial charge in [-0.1, -0.05) is 31.2 Å². The molecule has 1 heterocycles. The van der Waals surface area contributed by atoms with Crippen molar-refractivity contribution in [1.82, 2.24) is 4.90 Å². The fourth-order valence-electron chi connectivity index (χ4n) is 3.08. The van der Waals surface area contributed by atoms with E-state index in [0.717, 1.165) is 22.6 Å². The van der Waals surface area contributed by atoms with Gasteiger partial charge in [0.1, 0.15) is 11.5 Å². The lowest BCUT2D eigenvalue weighted by molar-refractivity contribution is -0.136. The molecule has 0 N–H and O–H groups in total. The van der Waals surface area contributed by atoms with Crippen molar-refractivity contribution < 1.29 is 19.1 Å². The van der Waals surface area contributed by atoms with E-state index in [0.29, 0.717) is 29.2 Å². The fourth-order valence-corrected chi connectivity index (χ4v) is 3.95. The Kier molecular flexibility index (Phi) is 6.41. The summed E-state index contributed by atoms with van der Waals surface area (Å²) >= 11 is 1.41. The summed E-state index contributed by atoms with van der Waals surface area (Å²) < 4.78 is 10.4. The van der Waals surface area contributed by atoms with E-state index in [-0.39, 0.29) is 11.8 Å². The van der Waals surface area contributed by atoms with Crippen molar-refractivity contribution in [3.63, 3.8) is 0 Å². The zero-order chi connectivity index (χ0) is 20.1. The van der Waals surface area contributed by atoms with Crippen molar-refractivity contribution >= 4 is 29.1 Å². The Hall–Kier alpha value is -2.73. The van der Waals surface area contributed by atoms with Crippen LogP contribution in [-0.4, -0.2) is 43.2 Å². The van der Waals surface area contributed by atoms with Crippen LogP contribution in [0.25, 0.3) is 5.57 Å². The molecule has 1 aliphatic heterocycles. The molecular weight excluding hydrogens is 374 g/mol. The number of rotatable bonds is 8. The van der Waals surface area contributed by atoms with E-state index < -0.39 is 0 Å². The Morgan fingerprint density at radius 1 is 0.857 bits per heavy atom. The molecule has 0 spiro atoms. The second-order valence-corrected chi connectivity index (χ2v) is 7.50. The summed E-state index contributed by atoms with van der Waals surface area (Å²) in [6, 6.07) is 14.9. The number of methoxy groups -OCH3 is 2. The predicted octanol–water partition coefficient (Wildman–Crippen LogP) is 3.78. The Morgan fingerprint density at radius 3 is 1.96 bits per heavy atom. The second kappa shape index (κ2) is 8.97. The number of ether oxygens (including phenoxy) is 2. The lowest BCUT2D eigenvalue weighted by atomic mass is 10.1. The van der Waals surface area contributed by atoms with E-state index in [1.807, 2.05) is 43.3 Å². The molecule has 0 unspecified atom stereocenters. The van der Waals surface area contributed by atoms with Gasteiger partial charge >= 0.3 is 0 Å². The Bertz CT molecular complexity index is 888. The van der Waals surface area contributed by atoms with Gasteiger partial charge in [-0.2, -0.15) is 0 Å². The maximum atomic E-state index is 13.1. The molecule has 3 rings (SSSR count). The number of amides is 2. The number of imide groups is 1. The van der Waals surface area contributed by atoms with Crippen LogP contribution in [0.1, 0.15) is 18.1 Å². The van der Waals surface area contributed by atoms with Crippen LogP contribution < -0.4 is 9.47 Å². The molecule has 0 bridgehead atoms. The average Bonchev–Trinajstić information content (AvgIpc) is 2.96. The molecule has 146 valence electrons. The lowest BCUT2D eigenvalue weighted by Gasteiger charge is -2.15. The van der Waals surface area contributed by atoms with Crippen molar-refractivity contribution in [1.29, 1.82) is 0 Å². The molecule has 0 atom stereocenters. The fraction of sp³-hybridized carbons (Fsp3) is 0.273. The Labute approximate surface area is 169 Å². The third kappa shape index (κ3) is 4.07. The van der Waals surface area contributed by atoms with E-state index in [1.165, 1.54) is 16.7 Å². The smallest absolute Gasteiger partial charge is 0.267 e. The normalized spacial score (nSPS) is 14.0. The van der Waals surface area contributed by atoms with Crippen LogP contribution >= 0.6 is 11.8 Å². The summed E-state index contributed by atoms with van der Waals surface area (Å²) in [6.45, 7) is 2.32. The molecule has 2 aromatic rings. The first kappa shape index (κ1) is 20.0. The van der Waals surface area contributed by atoms with E-state index in [1.54, 1.807) is 26.4 Å². The molecule has 0 saturated carbocycles. The standard InChI is InChI=1S/C22H23NO4S/c1-4-28-20-19(16-7-11-18(27-3)12-8-16)21(24)23(22(20)25)14-13-15-5-9-17(26-2)10-6-15/h5-12H,4,13-14H2,1-3H3.